The third-order valence-electron chi connectivity index (χ3n) is 1.89. The average Bonchev–Trinajstić information content (AvgIpc) is 2.36. The Morgan fingerprint density at radius 2 is 1.83 bits per heavy atom. The van der Waals surface area contributed by atoms with E-state index in [4.69, 9.17) is 4.84 Å². The van der Waals surface area contributed by atoms with Crippen molar-refractivity contribution in [1.82, 2.24) is 0 Å². The van der Waals surface area contributed by atoms with E-state index in [-0.39, 0.29) is 5.41 Å². The zero-order valence-electron chi connectivity index (χ0n) is 8.26. The van der Waals surface area contributed by atoms with Gasteiger partial charge in [0.1, 0.15) is 12.3 Å². The van der Waals surface area contributed by atoms with Crippen molar-refractivity contribution in [2.75, 3.05) is 0 Å². The van der Waals surface area contributed by atoms with Crippen LogP contribution in [0.5, 0.6) is 0 Å². The standard InChI is InChI=1S/C10H18NO/c1-10(2,3)8-11-12-9-6-4-5-7-9/h9H,4-7H2,1-3H3. The van der Waals surface area contributed by atoms with Gasteiger partial charge in [0.05, 0.1) is 0 Å². The van der Waals surface area contributed by atoms with E-state index in [1.54, 1.807) is 0 Å². The van der Waals surface area contributed by atoms with Crippen molar-refractivity contribution in [2.45, 2.75) is 52.6 Å². The molecule has 0 aromatic carbocycles. The van der Waals surface area contributed by atoms with Crippen LogP contribution in [0, 0.1) is 5.41 Å². The summed E-state index contributed by atoms with van der Waals surface area (Å²) in [5.41, 5.74) is 0.0125. The van der Waals surface area contributed by atoms with Gasteiger partial charge in [-0.15, -0.1) is 0 Å². The molecular weight excluding hydrogens is 150 g/mol. The highest BCUT2D eigenvalue weighted by molar-refractivity contribution is 5.63. The maximum Gasteiger partial charge on any atom is 0.127 e. The van der Waals surface area contributed by atoms with Crippen LogP contribution >= 0.6 is 0 Å². The van der Waals surface area contributed by atoms with Crippen LogP contribution in [0.1, 0.15) is 46.5 Å². The van der Waals surface area contributed by atoms with Gasteiger partial charge in [-0.1, -0.05) is 25.9 Å². The molecule has 69 valence electrons. The van der Waals surface area contributed by atoms with Crippen molar-refractivity contribution in [3.8, 4) is 0 Å². The van der Waals surface area contributed by atoms with E-state index in [0.29, 0.717) is 6.10 Å². The van der Waals surface area contributed by atoms with Crippen LogP contribution < -0.4 is 0 Å². The predicted octanol–water partition coefficient (Wildman–Crippen LogP) is 2.85. The quantitative estimate of drug-likeness (QED) is 0.459. The molecule has 1 aliphatic carbocycles. The first-order valence-corrected chi connectivity index (χ1v) is 4.71. The summed E-state index contributed by atoms with van der Waals surface area (Å²) in [7, 11) is 0. The first kappa shape index (κ1) is 9.56. The molecule has 1 fully saturated rings. The summed E-state index contributed by atoms with van der Waals surface area (Å²) in [5, 5.41) is 3.87. The number of nitrogens with zero attached hydrogens (tertiary/aromatic N) is 1. The SMILES string of the molecule is CC(C)(C)/[C]=N/OC1CCCC1. The molecule has 1 radical (unpaired) electrons. The van der Waals surface area contributed by atoms with Crippen LogP contribution in [-0.2, 0) is 4.84 Å². The van der Waals surface area contributed by atoms with Crippen molar-refractivity contribution in [3.63, 3.8) is 0 Å². The molecule has 0 bridgehead atoms. The van der Waals surface area contributed by atoms with Gasteiger partial charge in [-0.2, -0.15) is 0 Å². The second-order valence-electron chi connectivity index (χ2n) is 4.46. The fourth-order valence-corrected chi connectivity index (χ4v) is 1.23. The molecule has 1 rings (SSSR count). The molecule has 0 aromatic heterocycles. The first-order valence-electron chi connectivity index (χ1n) is 4.71. The normalized spacial score (nSPS) is 20.6. The summed E-state index contributed by atoms with van der Waals surface area (Å²) in [5.74, 6) is 0. The Hall–Kier alpha value is -0.530. The monoisotopic (exact) mass is 168 g/mol. The molecule has 0 aromatic rings. The predicted molar refractivity (Wildman–Crippen MR) is 50.2 cm³/mol. The molecule has 0 aliphatic heterocycles. The summed E-state index contributed by atoms with van der Waals surface area (Å²) in [6, 6.07) is 0. The lowest BCUT2D eigenvalue weighted by Crippen LogP contribution is -2.09. The van der Waals surface area contributed by atoms with Gasteiger partial charge in [-0.3, -0.25) is 0 Å². The summed E-state index contributed by atoms with van der Waals surface area (Å²) in [4.78, 5) is 5.29. The maximum absolute atomic E-state index is 5.29. The van der Waals surface area contributed by atoms with Crippen LogP contribution in [0.15, 0.2) is 5.16 Å². The zero-order valence-corrected chi connectivity index (χ0v) is 8.26. The molecule has 2 heteroatoms. The molecule has 0 unspecified atom stereocenters. The second-order valence-corrected chi connectivity index (χ2v) is 4.46. The summed E-state index contributed by atoms with van der Waals surface area (Å²) >= 11 is 0. The van der Waals surface area contributed by atoms with E-state index in [0.717, 1.165) is 12.8 Å². The Morgan fingerprint density at radius 3 is 2.33 bits per heavy atom. The van der Waals surface area contributed by atoms with Gasteiger partial charge in [0.25, 0.3) is 0 Å². The molecule has 0 atom stereocenters. The largest absolute Gasteiger partial charge is 0.392 e. The van der Waals surface area contributed by atoms with Crippen LogP contribution in [-0.4, -0.2) is 12.3 Å². The lowest BCUT2D eigenvalue weighted by atomic mass is 10.00. The van der Waals surface area contributed by atoms with Crippen molar-refractivity contribution in [3.05, 3.63) is 0 Å². The molecule has 0 heterocycles. The fourth-order valence-electron chi connectivity index (χ4n) is 1.23. The van der Waals surface area contributed by atoms with Gasteiger partial charge in [-0.05, 0) is 25.7 Å². The number of rotatable bonds is 2. The second kappa shape index (κ2) is 3.92. The zero-order chi connectivity index (χ0) is 9.03. The molecule has 0 N–H and O–H groups in total. The van der Waals surface area contributed by atoms with Gasteiger partial charge < -0.3 is 4.84 Å². The van der Waals surface area contributed by atoms with Crippen molar-refractivity contribution < 1.29 is 4.84 Å². The van der Waals surface area contributed by atoms with Crippen molar-refractivity contribution in [1.29, 1.82) is 0 Å². The highest BCUT2D eigenvalue weighted by Gasteiger charge is 2.16. The minimum atomic E-state index is 0.0125. The minimum absolute atomic E-state index is 0.0125. The fraction of sp³-hybridized carbons (Fsp3) is 0.900. The average molecular weight is 168 g/mol. The van der Waals surface area contributed by atoms with E-state index in [1.165, 1.54) is 12.8 Å². The van der Waals surface area contributed by atoms with E-state index >= 15 is 0 Å². The van der Waals surface area contributed by atoms with Crippen molar-refractivity contribution in [2.24, 2.45) is 10.6 Å². The van der Waals surface area contributed by atoms with Gasteiger partial charge in [0, 0.05) is 5.41 Å². The van der Waals surface area contributed by atoms with E-state index in [2.05, 4.69) is 32.1 Å². The summed E-state index contributed by atoms with van der Waals surface area (Å²) in [6.07, 6.45) is 8.21. The van der Waals surface area contributed by atoms with Crippen LogP contribution in [0.4, 0.5) is 0 Å². The van der Waals surface area contributed by atoms with Crippen LogP contribution in [0.25, 0.3) is 0 Å². The number of hydrogen-bond acceptors (Lipinski definition) is 2. The van der Waals surface area contributed by atoms with Crippen LogP contribution in [0.3, 0.4) is 0 Å². The Morgan fingerprint density at radius 1 is 1.25 bits per heavy atom. The topological polar surface area (TPSA) is 21.6 Å². The molecular formula is C10H18NO. The summed E-state index contributed by atoms with van der Waals surface area (Å²) < 4.78 is 0. The van der Waals surface area contributed by atoms with Gasteiger partial charge in [-0.25, -0.2) is 0 Å². The Bertz CT molecular complexity index is 152. The maximum atomic E-state index is 5.29. The van der Waals surface area contributed by atoms with E-state index in [1.807, 2.05) is 0 Å². The smallest absolute Gasteiger partial charge is 0.127 e. The molecule has 1 saturated carbocycles. The molecule has 1 aliphatic rings. The van der Waals surface area contributed by atoms with Gasteiger partial charge >= 0.3 is 0 Å². The highest BCUT2D eigenvalue weighted by Crippen LogP contribution is 2.21. The van der Waals surface area contributed by atoms with Gasteiger partial charge in [0.2, 0.25) is 0 Å². The lowest BCUT2D eigenvalue weighted by Gasteiger charge is -2.10. The molecule has 0 saturated heterocycles. The lowest BCUT2D eigenvalue weighted by molar-refractivity contribution is 0.0640. The highest BCUT2D eigenvalue weighted by atomic mass is 16.6. The Kier molecular flexibility index (Phi) is 3.12. The van der Waals surface area contributed by atoms with Crippen LogP contribution in [0.2, 0.25) is 0 Å². The van der Waals surface area contributed by atoms with E-state index < -0.39 is 0 Å². The van der Waals surface area contributed by atoms with Gasteiger partial charge in [0.15, 0.2) is 0 Å². The third-order valence-corrected chi connectivity index (χ3v) is 1.89. The summed E-state index contributed by atoms with van der Waals surface area (Å²) in [6.45, 7) is 6.19. The minimum Gasteiger partial charge on any atom is -0.392 e. The Labute approximate surface area is 75.0 Å². The first-order chi connectivity index (χ1) is 5.58. The number of hydrogen-bond donors (Lipinski definition) is 0. The van der Waals surface area contributed by atoms with Crippen molar-refractivity contribution >= 4 is 6.21 Å². The molecule has 0 amide bonds. The molecule has 0 spiro atoms. The molecule has 2 nitrogen and oxygen atoms in total. The van der Waals surface area contributed by atoms with E-state index in [9.17, 15) is 0 Å². The Balaban J connectivity index is 2.20. The third kappa shape index (κ3) is 3.74. The molecule has 12 heavy (non-hydrogen) atoms.